The van der Waals surface area contributed by atoms with Crippen molar-refractivity contribution in [2.45, 2.75) is 19.0 Å². The summed E-state index contributed by atoms with van der Waals surface area (Å²) in [6.07, 6.45) is 1.82. The maximum Gasteiger partial charge on any atom is 0.322 e. The Bertz CT molecular complexity index is 1090. The van der Waals surface area contributed by atoms with E-state index in [4.69, 9.17) is 19.0 Å². The van der Waals surface area contributed by atoms with Gasteiger partial charge in [0.1, 0.15) is 18.4 Å². The SMILES string of the molecule is C=CCON=C1C[C@@H](C(=O)NCc2ccc(OC)c(OC)c2)N(C(=O)Nc2cccc(OC)c2)C1. The lowest BCUT2D eigenvalue weighted by Gasteiger charge is -2.24. The summed E-state index contributed by atoms with van der Waals surface area (Å²) in [5.74, 6) is 1.45. The second-order valence-electron chi connectivity index (χ2n) is 7.66. The van der Waals surface area contributed by atoms with Gasteiger partial charge in [-0.1, -0.05) is 29.9 Å². The van der Waals surface area contributed by atoms with Gasteiger partial charge in [-0.3, -0.25) is 4.79 Å². The second kappa shape index (κ2) is 12.3. The molecule has 0 spiro atoms. The maximum atomic E-state index is 13.1. The molecule has 0 saturated carbocycles. The van der Waals surface area contributed by atoms with Crippen LogP contribution >= 0.6 is 0 Å². The molecular weight excluding hydrogens is 452 g/mol. The van der Waals surface area contributed by atoms with Crippen LogP contribution in [0.5, 0.6) is 17.2 Å². The van der Waals surface area contributed by atoms with Crippen LogP contribution in [0.25, 0.3) is 0 Å². The highest BCUT2D eigenvalue weighted by atomic mass is 16.6. The molecule has 1 atom stereocenters. The van der Waals surface area contributed by atoms with E-state index < -0.39 is 12.1 Å². The number of nitrogens with zero attached hydrogens (tertiary/aromatic N) is 2. The number of carbonyl (C=O) groups is 2. The van der Waals surface area contributed by atoms with Crippen LogP contribution in [0.4, 0.5) is 10.5 Å². The Kier molecular flexibility index (Phi) is 8.94. The number of benzene rings is 2. The first kappa shape index (κ1) is 25.4. The lowest BCUT2D eigenvalue weighted by molar-refractivity contribution is -0.124. The van der Waals surface area contributed by atoms with Crippen molar-refractivity contribution in [1.29, 1.82) is 0 Å². The zero-order valence-electron chi connectivity index (χ0n) is 20.1. The molecule has 1 aliphatic heterocycles. The van der Waals surface area contributed by atoms with Gasteiger partial charge in [-0.2, -0.15) is 0 Å². The Morgan fingerprint density at radius 3 is 2.63 bits per heavy atom. The van der Waals surface area contributed by atoms with Crippen molar-refractivity contribution in [2.75, 3.05) is 39.8 Å². The Morgan fingerprint density at radius 1 is 1.11 bits per heavy atom. The van der Waals surface area contributed by atoms with Gasteiger partial charge in [0.25, 0.3) is 0 Å². The largest absolute Gasteiger partial charge is 0.497 e. The van der Waals surface area contributed by atoms with Crippen LogP contribution in [0.3, 0.4) is 0 Å². The summed E-state index contributed by atoms with van der Waals surface area (Å²) < 4.78 is 15.8. The highest BCUT2D eigenvalue weighted by Gasteiger charge is 2.38. The number of urea groups is 1. The lowest BCUT2D eigenvalue weighted by atomic mass is 10.1. The summed E-state index contributed by atoms with van der Waals surface area (Å²) in [4.78, 5) is 32.8. The molecule has 2 aromatic rings. The Morgan fingerprint density at radius 2 is 1.91 bits per heavy atom. The summed E-state index contributed by atoms with van der Waals surface area (Å²) in [6, 6.07) is 11.2. The van der Waals surface area contributed by atoms with Gasteiger partial charge in [-0.25, -0.2) is 4.79 Å². The molecule has 0 bridgehead atoms. The average molecular weight is 483 g/mol. The topological polar surface area (TPSA) is 111 Å². The van der Waals surface area contributed by atoms with Gasteiger partial charge in [0.2, 0.25) is 5.91 Å². The number of methoxy groups -OCH3 is 3. The van der Waals surface area contributed by atoms with Gasteiger partial charge in [-0.15, -0.1) is 0 Å². The second-order valence-corrected chi connectivity index (χ2v) is 7.66. The molecule has 2 aromatic carbocycles. The standard InChI is InChI=1S/C25H30N4O6/c1-5-11-35-28-19-14-21(24(30)26-15-17-9-10-22(33-3)23(12-17)34-4)29(16-19)25(31)27-18-7-6-8-20(13-18)32-2/h5-10,12-13,21H,1,11,14-16H2,2-4H3,(H,26,30)(H,27,31)/t21-/m0/s1. The summed E-state index contributed by atoms with van der Waals surface area (Å²) in [5.41, 5.74) is 1.95. The van der Waals surface area contributed by atoms with Crippen molar-refractivity contribution in [1.82, 2.24) is 10.2 Å². The molecule has 35 heavy (non-hydrogen) atoms. The number of rotatable bonds is 10. The molecule has 1 aliphatic rings. The van der Waals surface area contributed by atoms with Crippen molar-refractivity contribution in [2.24, 2.45) is 5.16 Å². The quantitative estimate of drug-likeness (QED) is 0.306. The highest BCUT2D eigenvalue weighted by Crippen LogP contribution is 2.27. The molecule has 10 nitrogen and oxygen atoms in total. The molecule has 186 valence electrons. The minimum absolute atomic E-state index is 0.154. The third kappa shape index (κ3) is 6.66. The number of anilines is 1. The molecule has 1 saturated heterocycles. The molecule has 3 amide bonds. The van der Waals surface area contributed by atoms with E-state index in [1.165, 1.54) is 4.90 Å². The molecule has 2 N–H and O–H groups in total. The number of carbonyl (C=O) groups excluding carboxylic acids is 2. The van der Waals surface area contributed by atoms with E-state index in [9.17, 15) is 9.59 Å². The zero-order chi connectivity index (χ0) is 25.2. The van der Waals surface area contributed by atoms with Crippen molar-refractivity contribution in [3.05, 3.63) is 60.7 Å². The number of hydrogen-bond acceptors (Lipinski definition) is 7. The number of hydrogen-bond donors (Lipinski definition) is 2. The maximum absolute atomic E-state index is 13.1. The molecule has 1 fully saturated rings. The third-order valence-electron chi connectivity index (χ3n) is 5.34. The van der Waals surface area contributed by atoms with E-state index in [1.807, 2.05) is 6.07 Å². The van der Waals surface area contributed by atoms with Crippen LogP contribution in [0, 0.1) is 0 Å². The Hall–Kier alpha value is -4.21. The van der Waals surface area contributed by atoms with Crippen LogP contribution in [0.1, 0.15) is 12.0 Å². The highest BCUT2D eigenvalue weighted by molar-refractivity contribution is 6.03. The van der Waals surface area contributed by atoms with Crippen molar-refractivity contribution in [3.8, 4) is 17.2 Å². The first-order chi connectivity index (χ1) is 17.0. The number of ether oxygens (including phenoxy) is 3. The fraction of sp³-hybridized carbons (Fsp3) is 0.320. The molecule has 3 rings (SSSR count). The molecule has 1 heterocycles. The fourth-order valence-corrected chi connectivity index (χ4v) is 3.59. The third-order valence-corrected chi connectivity index (χ3v) is 5.34. The number of nitrogens with one attached hydrogen (secondary N) is 2. The average Bonchev–Trinajstić information content (AvgIpc) is 3.32. The van der Waals surface area contributed by atoms with E-state index in [-0.39, 0.29) is 32.0 Å². The summed E-state index contributed by atoms with van der Waals surface area (Å²) in [5, 5.41) is 9.78. The zero-order valence-corrected chi connectivity index (χ0v) is 20.1. The Labute approximate surface area is 204 Å². The van der Waals surface area contributed by atoms with Gasteiger partial charge < -0.3 is 34.6 Å². The van der Waals surface area contributed by atoms with Crippen LogP contribution in [-0.2, 0) is 16.2 Å². The molecule has 10 heteroatoms. The van der Waals surface area contributed by atoms with Crippen LogP contribution in [-0.4, -0.2) is 63.1 Å². The van der Waals surface area contributed by atoms with Gasteiger partial charge >= 0.3 is 6.03 Å². The predicted molar refractivity (Wildman–Crippen MR) is 132 cm³/mol. The summed E-state index contributed by atoms with van der Waals surface area (Å²) in [6.45, 7) is 4.22. The number of likely N-dealkylation sites (tertiary alicyclic amines) is 1. The number of oxime groups is 1. The van der Waals surface area contributed by atoms with Gasteiger partial charge in [-0.05, 0) is 29.8 Å². The molecular formula is C25H30N4O6. The van der Waals surface area contributed by atoms with Crippen molar-refractivity contribution >= 4 is 23.3 Å². The molecule has 0 unspecified atom stereocenters. The van der Waals surface area contributed by atoms with E-state index >= 15 is 0 Å². The first-order valence-corrected chi connectivity index (χ1v) is 11.0. The number of amides is 3. The monoisotopic (exact) mass is 482 g/mol. The van der Waals surface area contributed by atoms with Crippen LogP contribution < -0.4 is 24.8 Å². The first-order valence-electron chi connectivity index (χ1n) is 11.0. The lowest BCUT2D eigenvalue weighted by Crippen LogP contribution is -2.47. The normalized spacial score (nSPS) is 15.9. The van der Waals surface area contributed by atoms with E-state index in [1.54, 1.807) is 63.8 Å². The van der Waals surface area contributed by atoms with E-state index in [0.717, 1.165) is 5.56 Å². The van der Waals surface area contributed by atoms with Gasteiger partial charge in [0.05, 0.1) is 33.6 Å². The predicted octanol–water partition coefficient (Wildman–Crippen LogP) is 3.19. The minimum atomic E-state index is -0.758. The van der Waals surface area contributed by atoms with E-state index in [0.29, 0.717) is 28.6 Å². The molecule has 0 aromatic heterocycles. The van der Waals surface area contributed by atoms with Crippen molar-refractivity contribution in [3.63, 3.8) is 0 Å². The minimum Gasteiger partial charge on any atom is -0.497 e. The fourth-order valence-electron chi connectivity index (χ4n) is 3.59. The Balaban J connectivity index is 1.72. The summed E-state index contributed by atoms with van der Waals surface area (Å²) >= 11 is 0. The van der Waals surface area contributed by atoms with E-state index in [2.05, 4.69) is 22.4 Å². The van der Waals surface area contributed by atoms with Crippen LogP contribution in [0.2, 0.25) is 0 Å². The van der Waals surface area contributed by atoms with Crippen molar-refractivity contribution < 1.29 is 28.6 Å². The molecule has 0 aliphatic carbocycles. The van der Waals surface area contributed by atoms with Crippen LogP contribution in [0.15, 0.2) is 60.3 Å². The molecule has 0 radical (unpaired) electrons. The van der Waals surface area contributed by atoms with Gasteiger partial charge in [0.15, 0.2) is 11.5 Å². The smallest absolute Gasteiger partial charge is 0.322 e. The van der Waals surface area contributed by atoms with Gasteiger partial charge in [0, 0.05) is 24.7 Å². The summed E-state index contributed by atoms with van der Waals surface area (Å²) in [7, 11) is 4.65.